The van der Waals surface area contributed by atoms with Gasteiger partial charge in [-0.15, -0.1) is 0 Å². The Balaban J connectivity index is 2.08. The van der Waals surface area contributed by atoms with Gasteiger partial charge in [-0.25, -0.2) is 8.78 Å². The summed E-state index contributed by atoms with van der Waals surface area (Å²) in [6, 6.07) is 0.792. The second-order valence-corrected chi connectivity index (χ2v) is 4.73. The third-order valence-corrected chi connectivity index (χ3v) is 3.40. The summed E-state index contributed by atoms with van der Waals surface area (Å²) >= 11 is 5.56. The van der Waals surface area contributed by atoms with Crippen LogP contribution in [-0.2, 0) is 6.42 Å². The number of nitrogens with zero attached hydrogens (tertiary/aromatic N) is 1. The molecule has 1 fully saturated rings. The fraction of sp³-hybridized carbons (Fsp3) is 0.500. The van der Waals surface area contributed by atoms with Gasteiger partial charge in [-0.3, -0.25) is 0 Å². The van der Waals surface area contributed by atoms with Gasteiger partial charge in [0.1, 0.15) is 5.82 Å². The number of nitrogens with one attached hydrogen (secondary N) is 1. The van der Waals surface area contributed by atoms with Crippen LogP contribution in [0.2, 0.25) is 5.02 Å². The SMILES string of the molecule is Oc1c(F)cc(Cl)c(F)c1CCN1CCNCC1. The second-order valence-electron chi connectivity index (χ2n) is 4.32. The van der Waals surface area contributed by atoms with E-state index >= 15 is 0 Å². The topological polar surface area (TPSA) is 35.5 Å². The maximum Gasteiger partial charge on any atom is 0.166 e. The number of phenols is 1. The first-order chi connectivity index (χ1) is 8.59. The molecule has 0 unspecified atom stereocenters. The van der Waals surface area contributed by atoms with E-state index in [0.29, 0.717) is 6.54 Å². The van der Waals surface area contributed by atoms with Crippen LogP contribution in [-0.4, -0.2) is 42.7 Å². The lowest BCUT2D eigenvalue weighted by molar-refractivity contribution is 0.242. The van der Waals surface area contributed by atoms with E-state index in [9.17, 15) is 13.9 Å². The number of halogens is 3. The zero-order chi connectivity index (χ0) is 13.1. The van der Waals surface area contributed by atoms with Crippen LogP contribution in [0.4, 0.5) is 8.78 Å². The quantitative estimate of drug-likeness (QED) is 0.826. The summed E-state index contributed by atoms with van der Waals surface area (Å²) in [5.41, 5.74) is -0.0430. The first-order valence-corrected chi connectivity index (χ1v) is 6.26. The van der Waals surface area contributed by atoms with Crippen LogP contribution in [0.3, 0.4) is 0 Å². The fourth-order valence-corrected chi connectivity index (χ4v) is 2.28. The summed E-state index contributed by atoms with van der Waals surface area (Å²) < 4.78 is 27.0. The third-order valence-electron chi connectivity index (χ3n) is 3.13. The van der Waals surface area contributed by atoms with Crippen LogP contribution in [0.1, 0.15) is 5.56 Å². The maximum atomic E-state index is 13.7. The van der Waals surface area contributed by atoms with Crippen molar-refractivity contribution >= 4 is 11.6 Å². The Hall–Kier alpha value is -0.910. The predicted octanol–water partition coefficient (Wildman–Crippen LogP) is 1.77. The first-order valence-electron chi connectivity index (χ1n) is 5.88. The molecular weight excluding hydrogens is 262 g/mol. The van der Waals surface area contributed by atoms with Crippen molar-refractivity contribution in [2.75, 3.05) is 32.7 Å². The number of phenolic OH excluding ortho intramolecular Hbond substituents is 1. The molecule has 0 bridgehead atoms. The van der Waals surface area contributed by atoms with E-state index in [0.717, 1.165) is 32.2 Å². The highest BCUT2D eigenvalue weighted by atomic mass is 35.5. The molecule has 1 aromatic rings. The molecule has 0 saturated carbocycles. The molecule has 0 radical (unpaired) electrons. The number of aromatic hydroxyl groups is 1. The molecule has 0 aliphatic carbocycles. The molecule has 3 nitrogen and oxygen atoms in total. The molecule has 1 aliphatic rings. The van der Waals surface area contributed by atoms with Crippen molar-refractivity contribution in [2.45, 2.75) is 6.42 Å². The molecular formula is C12H15ClF2N2O. The molecule has 1 aliphatic heterocycles. The standard InChI is InChI=1S/C12H15ClF2N2O/c13-9-7-10(14)12(18)8(11(9)15)1-4-17-5-2-16-3-6-17/h7,16,18H,1-6H2. The summed E-state index contributed by atoms with van der Waals surface area (Å²) in [4.78, 5) is 2.13. The first kappa shape index (κ1) is 13.5. The Morgan fingerprint density at radius 1 is 1.33 bits per heavy atom. The zero-order valence-corrected chi connectivity index (χ0v) is 10.6. The van der Waals surface area contributed by atoms with E-state index < -0.39 is 17.4 Å². The van der Waals surface area contributed by atoms with Gasteiger partial charge < -0.3 is 15.3 Å². The molecule has 1 aromatic carbocycles. The lowest BCUT2D eigenvalue weighted by atomic mass is 10.1. The molecule has 0 aromatic heterocycles. The largest absolute Gasteiger partial charge is 0.505 e. The average molecular weight is 277 g/mol. The van der Waals surface area contributed by atoms with Crippen LogP contribution >= 0.6 is 11.6 Å². The van der Waals surface area contributed by atoms with E-state index in [4.69, 9.17) is 11.6 Å². The number of benzene rings is 1. The van der Waals surface area contributed by atoms with Crippen LogP contribution < -0.4 is 5.32 Å². The van der Waals surface area contributed by atoms with Gasteiger partial charge in [-0.05, 0) is 12.5 Å². The van der Waals surface area contributed by atoms with Crippen LogP contribution in [0, 0.1) is 11.6 Å². The Morgan fingerprint density at radius 2 is 2.00 bits per heavy atom. The van der Waals surface area contributed by atoms with Gasteiger partial charge in [-0.1, -0.05) is 11.6 Å². The van der Waals surface area contributed by atoms with E-state index in [1.165, 1.54) is 0 Å². The summed E-state index contributed by atoms with van der Waals surface area (Å²) in [7, 11) is 0. The number of hydrogen-bond acceptors (Lipinski definition) is 3. The van der Waals surface area contributed by atoms with Crippen molar-refractivity contribution < 1.29 is 13.9 Å². The van der Waals surface area contributed by atoms with Gasteiger partial charge in [0.2, 0.25) is 0 Å². The fourth-order valence-electron chi connectivity index (χ4n) is 2.07. The lowest BCUT2D eigenvalue weighted by Crippen LogP contribution is -2.44. The molecule has 1 saturated heterocycles. The Labute approximate surface area is 109 Å². The molecule has 1 heterocycles. The highest BCUT2D eigenvalue weighted by molar-refractivity contribution is 6.30. The number of rotatable bonds is 3. The summed E-state index contributed by atoms with van der Waals surface area (Å²) in [6.45, 7) is 4.08. The number of hydrogen-bond donors (Lipinski definition) is 2. The zero-order valence-electron chi connectivity index (χ0n) is 9.85. The smallest absolute Gasteiger partial charge is 0.166 e. The van der Waals surface area contributed by atoms with Crippen molar-refractivity contribution in [2.24, 2.45) is 0 Å². The Bertz CT molecular complexity index is 410. The molecule has 0 atom stereocenters. The average Bonchev–Trinajstić information content (AvgIpc) is 2.38. The molecule has 2 rings (SSSR count). The molecule has 2 N–H and O–H groups in total. The van der Waals surface area contributed by atoms with Gasteiger partial charge in [0, 0.05) is 38.3 Å². The van der Waals surface area contributed by atoms with Crippen molar-refractivity contribution in [3.63, 3.8) is 0 Å². The molecule has 100 valence electrons. The van der Waals surface area contributed by atoms with Crippen molar-refractivity contribution in [1.29, 1.82) is 0 Å². The molecule has 6 heteroatoms. The van der Waals surface area contributed by atoms with E-state index in [2.05, 4.69) is 10.2 Å². The normalized spacial score (nSPS) is 17.1. The van der Waals surface area contributed by atoms with Gasteiger partial charge >= 0.3 is 0 Å². The van der Waals surface area contributed by atoms with Crippen LogP contribution in [0.25, 0.3) is 0 Å². The van der Waals surface area contributed by atoms with Gasteiger partial charge in [0.25, 0.3) is 0 Å². The molecule has 0 spiro atoms. The van der Waals surface area contributed by atoms with E-state index in [1.807, 2.05) is 0 Å². The minimum Gasteiger partial charge on any atom is -0.505 e. The molecule has 18 heavy (non-hydrogen) atoms. The van der Waals surface area contributed by atoms with Crippen molar-refractivity contribution in [3.05, 3.63) is 28.3 Å². The van der Waals surface area contributed by atoms with Crippen molar-refractivity contribution in [3.8, 4) is 5.75 Å². The monoisotopic (exact) mass is 276 g/mol. The minimum atomic E-state index is -0.878. The van der Waals surface area contributed by atoms with Gasteiger partial charge in [-0.2, -0.15) is 0 Å². The predicted molar refractivity (Wildman–Crippen MR) is 66.0 cm³/mol. The third kappa shape index (κ3) is 2.91. The highest BCUT2D eigenvalue weighted by Crippen LogP contribution is 2.30. The Morgan fingerprint density at radius 3 is 2.67 bits per heavy atom. The summed E-state index contributed by atoms with van der Waals surface area (Å²) in [6.07, 6.45) is 0.245. The maximum absolute atomic E-state index is 13.7. The van der Waals surface area contributed by atoms with Gasteiger partial charge in [0.05, 0.1) is 5.02 Å². The van der Waals surface area contributed by atoms with Crippen LogP contribution in [0.15, 0.2) is 6.07 Å². The molecule has 0 amide bonds. The minimum absolute atomic E-state index is 0.0430. The second kappa shape index (κ2) is 5.82. The number of piperazine rings is 1. The Kier molecular flexibility index (Phi) is 4.37. The summed E-state index contributed by atoms with van der Waals surface area (Å²) in [5, 5.41) is 12.4. The van der Waals surface area contributed by atoms with Crippen molar-refractivity contribution in [1.82, 2.24) is 10.2 Å². The highest BCUT2D eigenvalue weighted by Gasteiger charge is 2.18. The van der Waals surface area contributed by atoms with E-state index in [1.54, 1.807) is 0 Å². The summed E-state index contributed by atoms with van der Waals surface area (Å²) in [5.74, 6) is -2.24. The van der Waals surface area contributed by atoms with E-state index in [-0.39, 0.29) is 17.0 Å². The van der Waals surface area contributed by atoms with Crippen LogP contribution in [0.5, 0.6) is 5.75 Å². The van der Waals surface area contributed by atoms with Gasteiger partial charge in [0.15, 0.2) is 11.6 Å². The lowest BCUT2D eigenvalue weighted by Gasteiger charge is -2.27.